The molecule has 0 bridgehead atoms. The summed E-state index contributed by atoms with van der Waals surface area (Å²) in [5.74, 6) is -0.155. The number of rotatable bonds is 8. The highest BCUT2D eigenvalue weighted by Gasteiger charge is 2.23. The third-order valence-electron chi connectivity index (χ3n) is 2.08. The second-order valence-electron chi connectivity index (χ2n) is 3.44. The largest absolute Gasteiger partial charge is 0.470 e. The van der Waals surface area contributed by atoms with E-state index in [2.05, 4.69) is 9.97 Å². The Morgan fingerprint density at radius 1 is 1.26 bits per heavy atom. The maximum absolute atomic E-state index is 10.9. The Bertz CT molecular complexity index is 443. The number of hydrogen-bond donors (Lipinski definition) is 0. The molecule has 1 rings (SSSR count). The number of aromatic nitrogens is 2. The van der Waals surface area contributed by atoms with Gasteiger partial charge in [-0.25, -0.2) is 4.98 Å². The summed E-state index contributed by atoms with van der Waals surface area (Å²) in [5, 5.41) is 10.8. The highest BCUT2D eigenvalue weighted by Crippen LogP contribution is 2.28. The minimum absolute atomic E-state index is 0.0987. The number of hydrogen-bond acceptors (Lipinski definition) is 7. The maximum atomic E-state index is 10.9. The van der Waals surface area contributed by atoms with E-state index in [9.17, 15) is 10.1 Å². The van der Waals surface area contributed by atoms with Crippen LogP contribution in [0.4, 0.5) is 5.69 Å². The zero-order valence-corrected chi connectivity index (χ0v) is 11.3. The first-order chi connectivity index (χ1) is 9.06. The zero-order chi connectivity index (χ0) is 14.3. The van der Waals surface area contributed by atoms with E-state index in [1.165, 1.54) is 6.92 Å². The standard InChI is InChI=1S/C10H14ClN3O5/c1-7-8(14(15)16)9(13-10(11)12-7)19-6-5-18-4-3-17-2/h3-6H2,1-2H3. The summed E-state index contributed by atoms with van der Waals surface area (Å²) in [4.78, 5) is 17.7. The van der Waals surface area contributed by atoms with Gasteiger partial charge in [-0.3, -0.25) is 10.1 Å². The van der Waals surface area contributed by atoms with Crippen molar-refractivity contribution in [1.29, 1.82) is 0 Å². The van der Waals surface area contributed by atoms with Crippen molar-refractivity contribution in [3.8, 4) is 5.88 Å². The first kappa shape index (κ1) is 15.5. The number of aryl methyl sites for hydroxylation is 1. The van der Waals surface area contributed by atoms with Gasteiger partial charge in [0.05, 0.1) is 24.7 Å². The molecule has 19 heavy (non-hydrogen) atoms. The van der Waals surface area contributed by atoms with E-state index in [-0.39, 0.29) is 35.8 Å². The molecule has 9 heteroatoms. The summed E-state index contributed by atoms with van der Waals surface area (Å²) in [6, 6.07) is 0. The summed E-state index contributed by atoms with van der Waals surface area (Å²) in [6.07, 6.45) is 0. The van der Waals surface area contributed by atoms with Crippen LogP contribution in [0.3, 0.4) is 0 Å². The van der Waals surface area contributed by atoms with Crippen LogP contribution in [-0.4, -0.2) is 48.4 Å². The van der Waals surface area contributed by atoms with Crippen LogP contribution in [0.25, 0.3) is 0 Å². The normalized spacial score (nSPS) is 10.5. The fourth-order valence-corrected chi connectivity index (χ4v) is 1.46. The number of methoxy groups -OCH3 is 1. The van der Waals surface area contributed by atoms with Gasteiger partial charge in [0.25, 0.3) is 5.88 Å². The van der Waals surface area contributed by atoms with E-state index in [0.29, 0.717) is 13.2 Å². The molecule has 0 atom stereocenters. The van der Waals surface area contributed by atoms with Crippen molar-refractivity contribution < 1.29 is 19.1 Å². The molecule has 0 saturated heterocycles. The SMILES string of the molecule is COCCOCCOc1nc(Cl)nc(C)c1[N+](=O)[O-]. The van der Waals surface area contributed by atoms with Crippen LogP contribution < -0.4 is 4.74 Å². The summed E-state index contributed by atoms with van der Waals surface area (Å²) in [5.41, 5.74) is -0.137. The van der Waals surface area contributed by atoms with Gasteiger partial charge in [0.15, 0.2) is 0 Å². The van der Waals surface area contributed by atoms with Crippen LogP contribution in [0, 0.1) is 17.0 Å². The average Bonchev–Trinajstić information content (AvgIpc) is 2.32. The zero-order valence-electron chi connectivity index (χ0n) is 10.6. The number of halogens is 1. The molecular weight excluding hydrogens is 278 g/mol. The van der Waals surface area contributed by atoms with E-state index < -0.39 is 4.92 Å². The highest BCUT2D eigenvalue weighted by atomic mass is 35.5. The molecule has 0 radical (unpaired) electrons. The molecule has 106 valence electrons. The fourth-order valence-electron chi connectivity index (χ4n) is 1.26. The second-order valence-corrected chi connectivity index (χ2v) is 3.78. The van der Waals surface area contributed by atoms with E-state index in [0.717, 1.165) is 0 Å². The molecule has 0 amide bonds. The van der Waals surface area contributed by atoms with Gasteiger partial charge < -0.3 is 14.2 Å². The van der Waals surface area contributed by atoms with Gasteiger partial charge in [-0.05, 0) is 18.5 Å². The lowest BCUT2D eigenvalue weighted by atomic mass is 10.4. The van der Waals surface area contributed by atoms with Crippen molar-refractivity contribution >= 4 is 17.3 Å². The quantitative estimate of drug-likeness (QED) is 0.309. The summed E-state index contributed by atoms with van der Waals surface area (Å²) in [6.45, 7) is 2.75. The second kappa shape index (κ2) is 7.82. The molecule has 0 unspecified atom stereocenters. The van der Waals surface area contributed by atoms with Crippen LogP contribution in [0.15, 0.2) is 0 Å². The Kier molecular flexibility index (Phi) is 6.40. The monoisotopic (exact) mass is 291 g/mol. The predicted octanol–water partition coefficient (Wildman–Crippen LogP) is 1.39. The van der Waals surface area contributed by atoms with Crippen LogP contribution in [0.1, 0.15) is 5.69 Å². The smallest absolute Gasteiger partial charge is 0.352 e. The van der Waals surface area contributed by atoms with Crippen molar-refractivity contribution in [1.82, 2.24) is 9.97 Å². The summed E-state index contributed by atoms with van der Waals surface area (Å²) >= 11 is 5.64. The Hall–Kier alpha value is -1.51. The molecule has 0 spiro atoms. The third kappa shape index (κ3) is 4.93. The first-order valence-corrected chi connectivity index (χ1v) is 5.82. The fraction of sp³-hybridized carbons (Fsp3) is 0.600. The van der Waals surface area contributed by atoms with Gasteiger partial charge in [-0.1, -0.05) is 0 Å². The van der Waals surface area contributed by atoms with Gasteiger partial charge in [-0.15, -0.1) is 0 Å². The Morgan fingerprint density at radius 3 is 2.58 bits per heavy atom. The highest BCUT2D eigenvalue weighted by molar-refractivity contribution is 6.28. The van der Waals surface area contributed by atoms with E-state index in [4.69, 9.17) is 25.8 Å². The topological polar surface area (TPSA) is 96.6 Å². The van der Waals surface area contributed by atoms with E-state index in [1.807, 2.05) is 0 Å². The first-order valence-electron chi connectivity index (χ1n) is 5.44. The van der Waals surface area contributed by atoms with Crippen molar-refractivity contribution in [2.75, 3.05) is 33.5 Å². The van der Waals surface area contributed by atoms with Crippen LogP contribution in [0.2, 0.25) is 5.28 Å². The van der Waals surface area contributed by atoms with Gasteiger partial charge in [-0.2, -0.15) is 4.98 Å². The Labute approximate surface area is 114 Å². The van der Waals surface area contributed by atoms with Crippen LogP contribution in [0.5, 0.6) is 5.88 Å². The van der Waals surface area contributed by atoms with Crippen LogP contribution in [-0.2, 0) is 9.47 Å². The molecule has 0 aliphatic rings. The third-order valence-corrected chi connectivity index (χ3v) is 2.25. The molecule has 0 fully saturated rings. The van der Waals surface area contributed by atoms with Crippen molar-refractivity contribution in [2.24, 2.45) is 0 Å². The maximum Gasteiger partial charge on any atom is 0.352 e. The molecule has 0 N–H and O–H groups in total. The van der Waals surface area contributed by atoms with Crippen molar-refractivity contribution in [3.63, 3.8) is 0 Å². The minimum Gasteiger partial charge on any atom is -0.470 e. The van der Waals surface area contributed by atoms with E-state index in [1.54, 1.807) is 7.11 Å². The molecule has 8 nitrogen and oxygen atoms in total. The average molecular weight is 292 g/mol. The van der Waals surface area contributed by atoms with Crippen LogP contribution >= 0.6 is 11.6 Å². The summed E-state index contributed by atoms with van der Waals surface area (Å²) < 4.78 is 15.2. The summed E-state index contributed by atoms with van der Waals surface area (Å²) in [7, 11) is 1.56. The molecule has 0 aromatic carbocycles. The molecule has 0 aliphatic heterocycles. The lowest BCUT2D eigenvalue weighted by molar-refractivity contribution is -0.387. The predicted molar refractivity (Wildman–Crippen MR) is 66.6 cm³/mol. The van der Waals surface area contributed by atoms with Gasteiger partial charge >= 0.3 is 5.69 Å². The minimum atomic E-state index is -0.604. The number of nitrogens with zero attached hydrogens (tertiary/aromatic N) is 3. The van der Waals surface area contributed by atoms with Crippen molar-refractivity contribution in [3.05, 3.63) is 21.1 Å². The molecule has 0 aliphatic carbocycles. The van der Waals surface area contributed by atoms with Gasteiger partial charge in [0, 0.05) is 7.11 Å². The number of ether oxygens (including phenoxy) is 3. The lowest BCUT2D eigenvalue weighted by Crippen LogP contribution is -2.12. The van der Waals surface area contributed by atoms with Gasteiger partial charge in [0.1, 0.15) is 12.3 Å². The lowest BCUT2D eigenvalue weighted by Gasteiger charge is -2.07. The van der Waals surface area contributed by atoms with E-state index >= 15 is 0 Å². The molecule has 0 saturated carbocycles. The molecule has 1 aromatic rings. The molecular formula is C10H14ClN3O5. The number of nitro groups is 1. The molecule has 1 aromatic heterocycles. The van der Waals surface area contributed by atoms with Gasteiger partial charge in [0.2, 0.25) is 5.28 Å². The molecule has 1 heterocycles. The Morgan fingerprint density at radius 2 is 1.95 bits per heavy atom. The Balaban J connectivity index is 2.59. The van der Waals surface area contributed by atoms with Crippen molar-refractivity contribution in [2.45, 2.75) is 6.92 Å².